The lowest BCUT2D eigenvalue weighted by molar-refractivity contribution is -0.137. The highest BCUT2D eigenvalue weighted by atomic mass is 16.4. The summed E-state index contributed by atoms with van der Waals surface area (Å²) >= 11 is 0. The largest absolute Gasteiger partial charge is 0.480 e. The van der Waals surface area contributed by atoms with E-state index in [1.54, 1.807) is 6.92 Å². The SMILES string of the molecule is CCN(CC(=O)O)C(=O)NN1CCCCC1. The highest BCUT2D eigenvalue weighted by molar-refractivity contribution is 5.79. The summed E-state index contributed by atoms with van der Waals surface area (Å²) in [5.41, 5.74) is 2.73. The number of carboxylic acids is 1. The Kier molecular flexibility index (Phi) is 5.04. The predicted molar refractivity (Wildman–Crippen MR) is 58.8 cm³/mol. The molecule has 0 aromatic rings. The van der Waals surface area contributed by atoms with Crippen LogP contribution in [-0.2, 0) is 4.79 Å². The molecule has 0 aliphatic carbocycles. The van der Waals surface area contributed by atoms with Crippen molar-refractivity contribution in [2.24, 2.45) is 0 Å². The fraction of sp³-hybridized carbons (Fsp3) is 0.800. The number of amides is 2. The van der Waals surface area contributed by atoms with Gasteiger partial charge in [0, 0.05) is 19.6 Å². The monoisotopic (exact) mass is 229 g/mol. The summed E-state index contributed by atoms with van der Waals surface area (Å²) < 4.78 is 0. The van der Waals surface area contributed by atoms with Gasteiger partial charge < -0.3 is 10.0 Å². The second-order valence-corrected chi connectivity index (χ2v) is 3.87. The van der Waals surface area contributed by atoms with Crippen molar-refractivity contribution in [2.45, 2.75) is 26.2 Å². The molecule has 16 heavy (non-hydrogen) atoms. The molecule has 0 radical (unpaired) electrons. The maximum absolute atomic E-state index is 11.7. The van der Waals surface area contributed by atoms with Gasteiger partial charge in [0.2, 0.25) is 0 Å². The Morgan fingerprint density at radius 3 is 2.44 bits per heavy atom. The van der Waals surface area contributed by atoms with Crippen molar-refractivity contribution in [1.82, 2.24) is 15.3 Å². The van der Waals surface area contributed by atoms with E-state index in [9.17, 15) is 9.59 Å². The van der Waals surface area contributed by atoms with Gasteiger partial charge in [-0.1, -0.05) is 6.42 Å². The predicted octanol–water partition coefficient (Wildman–Crippen LogP) is 0.503. The Morgan fingerprint density at radius 1 is 1.31 bits per heavy atom. The van der Waals surface area contributed by atoms with Gasteiger partial charge in [0.25, 0.3) is 0 Å². The van der Waals surface area contributed by atoms with Crippen LogP contribution in [0.4, 0.5) is 4.79 Å². The molecule has 1 rings (SSSR count). The molecule has 0 unspecified atom stereocenters. The van der Waals surface area contributed by atoms with E-state index < -0.39 is 5.97 Å². The Balaban J connectivity index is 2.38. The smallest absolute Gasteiger partial charge is 0.332 e. The molecule has 92 valence electrons. The summed E-state index contributed by atoms with van der Waals surface area (Å²) in [6.07, 6.45) is 3.34. The van der Waals surface area contributed by atoms with Crippen molar-refractivity contribution in [2.75, 3.05) is 26.2 Å². The van der Waals surface area contributed by atoms with Crippen LogP contribution in [0.25, 0.3) is 0 Å². The molecule has 1 aliphatic rings. The van der Waals surface area contributed by atoms with Gasteiger partial charge in [-0.15, -0.1) is 0 Å². The van der Waals surface area contributed by atoms with Gasteiger partial charge in [0.15, 0.2) is 0 Å². The molecule has 0 spiro atoms. The second-order valence-electron chi connectivity index (χ2n) is 3.87. The Hall–Kier alpha value is -1.30. The molecule has 1 fully saturated rings. The summed E-state index contributed by atoms with van der Waals surface area (Å²) in [4.78, 5) is 23.5. The zero-order valence-corrected chi connectivity index (χ0v) is 9.61. The number of hydrogen-bond donors (Lipinski definition) is 2. The van der Waals surface area contributed by atoms with E-state index in [0.717, 1.165) is 25.9 Å². The second kappa shape index (κ2) is 6.32. The third kappa shape index (κ3) is 4.06. The van der Waals surface area contributed by atoms with Crippen molar-refractivity contribution >= 4 is 12.0 Å². The maximum atomic E-state index is 11.7. The molecular weight excluding hydrogens is 210 g/mol. The van der Waals surface area contributed by atoms with Crippen LogP contribution in [0.5, 0.6) is 0 Å². The molecule has 1 saturated heterocycles. The number of nitrogens with one attached hydrogen (secondary N) is 1. The topological polar surface area (TPSA) is 72.9 Å². The van der Waals surface area contributed by atoms with Gasteiger partial charge in [-0.2, -0.15) is 0 Å². The summed E-state index contributed by atoms with van der Waals surface area (Å²) in [6, 6.07) is -0.327. The average Bonchev–Trinajstić information content (AvgIpc) is 2.26. The Labute approximate surface area is 95.2 Å². The van der Waals surface area contributed by atoms with E-state index in [4.69, 9.17) is 5.11 Å². The molecule has 6 nitrogen and oxygen atoms in total. The standard InChI is InChI=1S/C10H19N3O3/c1-2-12(8-9(14)15)10(16)11-13-6-4-3-5-7-13/h2-8H2,1H3,(H,11,16)(H,14,15). The summed E-state index contributed by atoms with van der Waals surface area (Å²) in [5.74, 6) is -0.990. The molecule has 0 aromatic carbocycles. The molecule has 6 heteroatoms. The van der Waals surface area contributed by atoms with Crippen LogP contribution < -0.4 is 5.43 Å². The fourth-order valence-corrected chi connectivity index (χ4v) is 1.70. The third-order valence-corrected chi connectivity index (χ3v) is 2.60. The molecule has 0 saturated carbocycles. The van der Waals surface area contributed by atoms with Crippen LogP contribution in [-0.4, -0.2) is 53.2 Å². The van der Waals surface area contributed by atoms with Gasteiger partial charge in [0.05, 0.1) is 0 Å². The van der Waals surface area contributed by atoms with Gasteiger partial charge in [-0.3, -0.25) is 10.2 Å². The maximum Gasteiger partial charge on any atom is 0.332 e. The van der Waals surface area contributed by atoms with E-state index in [2.05, 4.69) is 5.43 Å². The average molecular weight is 229 g/mol. The van der Waals surface area contributed by atoms with E-state index in [1.165, 1.54) is 11.3 Å². The third-order valence-electron chi connectivity index (χ3n) is 2.60. The van der Waals surface area contributed by atoms with E-state index in [0.29, 0.717) is 6.54 Å². The van der Waals surface area contributed by atoms with Crippen LogP contribution in [0.1, 0.15) is 26.2 Å². The Morgan fingerprint density at radius 2 is 1.94 bits per heavy atom. The minimum absolute atomic E-state index is 0.254. The number of hydrogen-bond acceptors (Lipinski definition) is 3. The molecule has 1 aliphatic heterocycles. The first-order valence-electron chi connectivity index (χ1n) is 5.65. The van der Waals surface area contributed by atoms with Crippen LogP contribution in [0.15, 0.2) is 0 Å². The van der Waals surface area contributed by atoms with Gasteiger partial charge in [-0.05, 0) is 19.8 Å². The van der Waals surface area contributed by atoms with Crippen LogP contribution in [0, 0.1) is 0 Å². The highest BCUT2D eigenvalue weighted by Gasteiger charge is 2.18. The quantitative estimate of drug-likeness (QED) is 0.736. The fourth-order valence-electron chi connectivity index (χ4n) is 1.70. The molecule has 0 aromatic heterocycles. The van der Waals surface area contributed by atoms with E-state index >= 15 is 0 Å². The minimum Gasteiger partial charge on any atom is -0.480 e. The van der Waals surface area contributed by atoms with Gasteiger partial charge in [-0.25, -0.2) is 9.80 Å². The number of carbonyl (C=O) groups excluding carboxylic acids is 1. The van der Waals surface area contributed by atoms with Crippen molar-refractivity contribution < 1.29 is 14.7 Å². The Bertz CT molecular complexity index is 252. The summed E-state index contributed by atoms with van der Waals surface area (Å²) in [7, 11) is 0. The number of aliphatic carboxylic acids is 1. The molecule has 0 bridgehead atoms. The number of hydrazine groups is 1. The number of carboxylic acid groups (broad SMARTS) is 1. The molecule has 2 amide bonds. The zero-order valence-electron chi connectivity index (χ0n) is 9.61. The molecule has 2 N–H and O–H groups in total. The van der Waals surface area contributed by atoms with E-state index in [1.807, 2.05) is 5.01 Å². The van der Waals surface area contributed by atoms with Gasteiger partial charge >= 0.3 is 12.0 Å². The number of nitrogens with zero attached hydrogens (tertiary/aromatic N) is 2. The summed E-state index contributed by atoms with van der Waals surface area (Å²) in [6.45, 7) is 3.59. The number of likely N-dealkylation sites (N-methyl/N-ethyl adjacent to an activating group) is 1. The minimum atomic E-state index is -0.990. The first-order valence-corrected chi connectivity index (χ1v) is 5.65. The first kappa shape index (κ1) is 12.8. The van der Waals surface area contributed by atoms with Crippen LogP contribution >= 0.6 is 0 Å². The lowest BCUT2D eigenvalue weighted by Crippen LogP contribution is -2.51. The molecule has 0 atom stereocenters. The van der Waals surface area contributed by atoms with Crippen molar-refractivity contribution in [1.29, 1.82) is 0 Å². The van der Waals surface area contributed by atoms with Crippen LogP contribution in [0.3, 0.4) is 0 Å². The van der Waals surface area contributed by atoms with Crippen molar-refractivity contribution in [3.8, 4) is 0 Å². The number of urea groups is 1. The van der Waals surface area contributed by atoms with Crippen LogP contribution in [0.2, 0.25) is 0 Å². The van der Waals surface area contributed by atoms with Crippen molar-refractivity contribution in [3.05, 3.63) is 0 Å². The lowest BCUT2D eigenvalue weighted by atomic mass is 10.2. The molecular formula is C10H19N3O3. The summed E-state index contributed by atoms with van der Waals surface area (Å²) in [5, 5.41) is 10.5. The molecule has 1 heterocycles. The normalized spacial score (nSPS) is 16.8. The lowest BCUT2D eigenvalue weighted by Gasteiger charge is -2.29. The van der Waals surface area contributed by atoms with Gasteiger partial charge in [0.1, 0.15) is 6.54 Å². The number of rotatable bonds is 4. The first-order chi connectivity index (χ1) is 7.63. The van der Waals surface area contributed by atoms with E-state index in [-0.39, 0.29) is 12.6 Å². The number of piperidine rings is 1. The zero-order chi connectivity index (χ0) is 12.0. The number of carbonyl (C=O) groups is 2. The highest BCUT2D eigenvalue weighted by Crippen LogP contribution is 2.06. The van der Waals surface area contributed by atoms with Crippen molar-refractivity contribution in [3.63, 3.8) is 0 Å².